The van der Waals surface area contributed by atoms with Crippen molar-refractivity contribution in [1.29, 1.82) is 0 Å². The van der Waals surface area contributed by atoms with Crippen molar-refractivity contribution in [3.63, 3.8) is 0 Å². The molecule has 1 aromatic rings. The molecule has 1 aromatic heterocycles. The lowest BCUT2D eigenvalue weighted by molar-refractivity contribution is -0.132. The van der Waals surface area contributed by atoms with Crippen molar-refractivity contribution in [3.05, 3.63) is 18.4 Å². The summed E-state index contributed by atoms with van der Waals surface area (Å²) in [7, 11) is 0. The Morgan fingerprint density at radius 1 is 1.73 bits per heavy atom. The Kier molecular flexibility index (Phi) is 1.86. The third-order valence-corrected chi connectivity index (χ3v) is 0.955. The fourth-order valence-electron chi connectivity index (χ4n) is 0.482. The third-order valence-electron chi connectivity index (χ3n) is 0.955. The average molecular weight is 154 g/mol. The molecule has 0 amide bonds. The fraction of sp³-hybridized carbons (Fsp3) is 0. The van der Waals surface area contributed by atoms with E-state index in [9.17, 15) is 4.79 Å². The number of carboxylic acid groups (broad SMARTS) is 1. The van der Waals surface area contributed by atoms with Crippen molar-refractivity contribution in [2.24, 2.45) is 5.73 Å². The summed E-state index contributed by atoms with van der Waals surface area (Å²) in [4.78, 5) is 13.8. The molecule has 0 saturated carbocycles. The molecule has 0 aromatic carbocycles. The molecule has 1 rings (SSSR count). The quantitative estimate of drug-likeness (QED) is 0.539. The molecular weight excluding hydrogens is 148 g/mol. The van der Waals surface area contributed by atoms with Gasteiger partial charge < -0.3 is 10.8 Å². The van der Waals surface area contributed by atoms with Gasteiger partial charge in [0.25, 0.3) is 0 Å². The zero-order valence-electron chi connectivity index (χ0n) is 5.51. The molecule has 0 unspecified atom stereocenters. The molecule has 1 heterocycles. The number of aromatic nitrogens is 3. The molecule has 0 aliphatic rings. The van der Waals surface area contributed by atoms with Crippen LogP contribution < -0.4 is 5.73 Å². The largest absolute Gasteiger partial charge is 0.477 e. The first-order valence-corrected chi connectivity index (χ1v) is 2.75. The molecular formula is C5H6N4O2. The van der Waals surface area contributed by atoms with E-state index in [1.807, 2.05) is 0 Å². The van der Waals surface area contributed by atoms with Crippen LogP contribution in [0.3, 0.4) is 0 Å². The van der Waals surface area contributed by atoms with Crippen molar-refractivity contribution in [1.82, 2.24) is 14.8 Å². The van der Waals surface area contributed by atoms with Gasteiger partial charge in [0.15, 0.2) is 0 Å². The van der Waals surface area contributed by atoms with E-state index in [-0.39, 0.29) is 5.70 Å². The van der Waals surface area contributed by atoms with Crippen molar-refractivity contribution < 1.29 is 9.90 Å². The molecule has 0 radical (unpaired) electrons. The minimum atomic E-state index is -1.18. The van der Waals surface area contributed by atoms with Gasteiger partial charge in [0.2, 0.25) is 0 Å². The molecule has 0 saturated heterocycles. The summed E-state index contributed by atoms with van der Waals surface area (Å²) in [6.07, 6.45) is 3.79. The van der Waals surface area contributed by atoms with Gasteiger partial charge in [0, 0.05) is 0 Å². The third kappa shape index (κ3) is 1.78. The summed E-state index contributed by atoms with van der Waals surface area (Å²) in [6, 6.07) is 0. The smallest absolute Gasteiger partial charge is 0.353 e. The lowest BCUT2D eigenvalue weighted by Crippen LogP contribution is -2.10. The maximum Gasteiger partial charge on any atom is 0.353 e. The maximum absolute atomic E-state index is 10.2. The second-order valence-corrected chi connectivity index (χ2v) is 1.77. The van der Waals surface area contributed by atoms with E-state index in [1.165, 1.54) is 17.3 Å². The number of nitrogens with two attached hydrogens (primary N) is 1. The predicted octanol–water partition coefficient (Wildman–Crippen LogP) is -0.880. The molecule has 0 aliphatic carbocycles. The minimum Gasteiger partial charge on any atom is -0.477 e. The van der Waals surface area contributed by atoms with Gasteiger partial charge >= 0.3 is 5.97 Å². The number of rotatable bonds is 2. The van der Waals surface area contributed by atoms with Crippen LogP contribution in [0.2, 0.25) is 0 Å². The maximum atomic E-state index is 10.2. The van der Waals surface area contributed by atoms with E-state index in [2.05, 4.69) is 10.1 Å². The van der Waals surface area contributed by atoms with Crippen molar-refractivity contribution in [3.8, 4) is 0 Å². The highest BCUT2D eigenvalue weighted by atomic mass is 16.4. The Morgan fingerprint density at radius 3 is 2.91 bits per heavy atom. The lowest BCUT2D eigenvalue weighted by atomic mass is 10.5. The van der Waals surface area contributed by atoms with Crippen LogP contribution in [-0.4, -0.2) is 25.8 Å². The second kappa shape index (κ2) is 2.82. The van der Waals surface area contributed by atoms with Gasteiger partial charge in [-0.1, -0.05) is 0 Å². The summed E-state index contributed by atoms with van der Waals surface area (Å²) in [6.45, 7) is 0. The van der Waals surface area contributed by atoms with Gasteiger partial charge in [-0.15, -0.1) is 0 Å². The molecule has 0 bridgehead atoms. The van der Waals surface area contributed by atoms with Gasteiger partial charge in [-0.25, -0.2) is 14.5 Å². The van der Waals surface area contributed by atoms with Crippen molar-refractivity contribution in [2.75, 3.05) is 0 Å². The topological polar surface area (TPSA) is 94.0 Å². The van der Waals surface area contributed by atoms with Crippen LogP contribution in [0.5, 0.6) is 0 Å². The zero-order valence-corrected chi connectivity index (χ0v) is 5.51. The fourth-order valence-corrected chi connectivity index (χ4v) is 0.482. The van der Waals surface area contributed by atoms with Gasteiger partial charge in [-0.2, -0.15) is 5.10 Å². The average Bonchev–Trinajstić information content (AvgIpc) is 2.39. The highest BCUT2D eigenvalue weighted by Gasteiger charge is 1.99. The minimum absolute atomic E-state index is 0.282. The van der Waals surface area contributed by atoms with Crippen LogP contribution in [0.25, 0.3) is 6.20 Å². The zero-order chi connectivity index (χ0) is 8.27. The lowest BCUT2D eigenvalue weighted by Gasteiger charge is -1.91. The van der Waals surface area contributed by atoms with E-state index in [1.54, 1.807) is 0 Å². The molecule has 0 aliphatic heterocycles. The molecule has 0 spiro atoms. The number of carboxylic acids is 1. The molecule has 0 atom stereocenters. The van der Waals surface area contributed by atoms with E-state index in [0.717, 1.165) is 6.20 Å². The van der Waals surface area contributed by atoms with Gasteiger partial charge in [0.05, 0.1) is 6.20 Å². The van der Waals surface area contributed by atoms with Crippen LogP contribution in [0, 0.1) is 0 Å². The van der Waals surface area contributed by atoms with Crippen LogP contribution >= 0.6 is 0 Å². The standard InChI is InChI=1S/C5H6N4O2/c6-4(5(10)11)1-9-3-7-2-8-9/h1-3H,6H2,(H,10,11). The van der Waals surface area contributed by atoms with Gasteiger partial charge in [0.1, 0.15) is 18.4 Å². The number of nitrogens with zero attached hydrogens (tertiary/aromatic N) is 3. The Balaban J connectivity index is 2.82. The Hall–Kier alpha value is -1.85. The Morgan fingerprint density at radius 2 is 2.45 bits per heavy atom. The van der Waals surface area contributed by atoms with Crippen LogP contribution in [0.4, 0.5) is 0 Å². The summed E-state index contributed by atoms with van der Waals surface area (Å²) in [5, 5.41) is 12.0. The van der Waals surface area contributed by atoms with E-state index in [0.29, 0.717) is 0 Å². The van der Waals surface area contributed by atoms with E-state index in [4.69, 9.17) is 10.8 Å². The van der Waals surface area contributed by atoms with Crippen LogP contribution in [0.15, 0.2) is 18.4 Å². The monoisotopic (exact) mass is 154 g/mol. The predicted molar refractivity (Wildman–Crippen MR) is 36.1 cm³/mol. The Labute approximate surface area is 62.0 Å². The molecule has 3 N–H and O–H groups in total. The summed E-state index contributed by atoms with van der Waals surface area (Å²) in [5.41, 5.74) is 4.80. The van der Waals surface area contributed by atoms with E-state index < -0.39 is 5.97 Å². The molecule has 58 valence electrons. The first-order valence-electron chi connectivity index (χ1n) is 2.75. The Bertz CT molecular complexity index is 277. The first kappa shape index (κ1) is 7.26. The number of aliphatic carboxylic acids is 1. The van der Waals surface area contributed by atoms with Gasteiger partial charge in [-0.3, -0.25) is 0 Å². The summed E-state index contributed by atoms with van der Waals surface area (Å²) >= 11 is 0. The highest BCUT2D eigenvalue weighted by molar-refractivity contribution is 5.88. The molecule has 0 fully saturated rings. The first-order chi connectivity index (χ1) is 5.20. The summed E-state index contributed by atoms with van der Waals surface area (Å²) < 4.78 is 1.21. The van der Waals surface area contributed by atoms with Crippen molar-refractivity contribution >= 4 is 12.2 Å². The summed E-state index contributed by atoms with van der Waals surface area (Å²) in [5.74, 6) is -1.18. The van der Waals surface area contributed by atoms with E-state index >= 15 is 0 Å². The normalized spacial score (nSPS) is 11.5. The van der Waals surface area contributed by atoms with Crippen LogP contribution in [-0.2, 0) is 4.79 Å². The second-order valence-electron chi connectivity index (χ2n) is 1.77. The van der Waals surface area contributed by atoms with Crippen molar-refractivity contribution in [2.45, 2.75) is 0 Å². The highest BCUT2D eigenvalue weighted by Crippen LogP contribution is 1.87. The number of hydrogen-bond acceptors (Lipinski definition) is 4. The van der Waals surface area contributed by atoms with Gasteiger partial charge in [-0.05, 0) is 0 Å². The number of carbonyl (C=O) groups is 1. The number of hydrogen-bond donors (Lipinski definition) is 2. The molecule has 11 heavy (non-hydrogen) atoms. The molecule has 6 heteroatoms. The van der Waals surface area contributed by atoms with Crippen LogP contribution in [0.1, 0.15) is 0 Å². The molecule has 6 nitrogen and oxygen atoms in total. The SMILES string of the molecule is NC(=Cn1cncn1)C(=O)O.